The predicted octanol–water partition coefficient (Wildman–Crippen LogP) is -0.349. The van der Waals surface area contributed by atoms with Gasteiger partial charge in [0.2, 0.25) is 6.54 Å². The normalized spacial score (nSPS) is 6.86. The zero-order valence-corrected chi connectivity index (χ0v) is 3.46. The van der Waals surface area contributed by atoms with Crippen molar-refractivity contribution >= 4 is 5.94 Å². The molecule has 38 valence electrons. The summed E-state index contributed by atoms with van der Waals surface area (Å²) in [4.78, 5) is 18.0. The first kappa shape index (κ1) is 5.85. The van der Waals surface area contributed by atoms with Crippen LogP contribution >= 0.6 is 0 Å². The number of rotatable bonds is 2. The van der Waals surface area contributed by atoms with Crippen LogP contribution in [0.15, 0.2) is 6.08 Å². The monoisotopic (exact) mass is 101 g/mol. The third kappa shape index (κ3) is 4.85. The average Bonchev–Trinajstić information content (AvgIpc) is 1.61. The molecule has 0 saturated heterocycles. The molecule has 7 heavy (non-hydrogen) atoms. The first-order chi connectivity index (χ1) is 3.27. The molecular weight excluding hydrogens is 98.0 g/mol. The fourth-order valence-corrected chi connectivity index (χ4v) is 0.112. The van der Waals surface area contributed by atoms with E-state index in [4.69, 9.17) is 0 Å². The molecule has 0 aliphatic heterocycles. The Morgan fingerprint density at radius 1 is 1.86 bits per heavy atom. The molecule has 0 fully saturated rings. The fourth-order valence-electron chi connectivity index (χ4n) is 0.112. The van der Waals surface area contributed by atoms with Gasteiger partial charge in [0.15, 0.2) is 0 Å². The van der Waals surface area contributed by atoms with E-state index in [0.717, 1.165) is 6.08 Å². The van der Waals surface area contributed by atoms with Crippen molar-refractivity contribution in [1.82, 2.24) is 0 Å². The molecule has 0 aromatic heterocycles. The van der Waals surface area contributed by atoms with Gasteiger partial charge in [-0.15, -0.1) is 0 Å². The molecule has 0 aromatic rings. The van der Waals surface area contributed by atoms with Crippen LogP contribution in [0, 0.1) is 10.1 Å². The van der Waals surface area contributed by atoms with Gasteiger partial charge in [-0.3, -0.25) is 10.1 Å². The second-order valence-electron chi connectivity index (χ2n) is 0.837. The van der Waals surface area contributed by atoms with Crippen molar-refractivity contribution in [2.75, 3.05) is 6.54 Å². The number of carbonyl (C=O) groups excluding carboxylic acids is 1. The molecule has 0 aliphatic carbocycles. The van der Waals surface area contributed by atoms with E-state index in [-0.39, 0.29) is 0 Å². The van der Waals surface area contributed by atoms with Crippen LogP contribution in [0.3, 0.4) is 0 Å². The molecule has 0 aromatic carbocycles. The second kappa shape index (κ2) is 3.06. The van der Waals surface area contributed by atoms with Crippen molar-refractivity contribution in [3.63, 3.8) is 0 Å². The minimum absolute atomic E-state index is 0.427. The number of hydrogen-bond donors (Lipinski definition) is 0. The van der Waals surface area contributed by atoms with Gasteiger partial charge in [0.05, 0.1) is 6.08 Å². The summed E-state index contributed by atoms with van der Waals surface area (Å²) < 4.78 is 0. The minimum Gasteiger partial charge on any atom is -0.264 e. The summed E-state index contributed by atoms with van der Waals surface area (Å²) in [5, 5.41) is 9.35. The van der Waals surface area contributed by atoms with Crippen molar-refractivity contribution in [3.05, 3.63) is 16.2 Å². The van der Waals surface area contributed by atoms with Gasteiger partial charge < -0.3 is 0 Å². The molecule has 0 amide bonds. The molecule has 0 rings (SSSR count). The van der Waals surface area contributed by atoms with Crippen molar-refractivity contribution in [1.29, 1.82) is 0 Å². The van der Waals surface area contributed by atoms with E-state index in [1.54, 1.807) is 0 Å². The molecular formula is C3H3NO3. The first-order valence-electron chi connectivity index (χ1n) is 1.58. The number of nitrogens with zero attached hydrogens (tertiary/aromatic N) is 1. The summed E-state index contributed by atoms with van der Waals surface area (Å²) in [6.45, 7) is -0.427. The fraction of sp³-hybridized carbons (Fsp3) is 0.333. The molecule has 0 saturated carbocycles. The molecule has 4 nitrogen and oxygen atoms in total. The molecule has 0 aliphatic rings. The van der Waals surface area contributed by atoms with Gasteiger partial charge in [-0.1, -0.05) is 0 Å². The lowest BCUT2D eigenvalue weighted by molar-refractivity contribution is -0.468. The molecule has 0 bridgehead atoms. The van der Waals surface area contributed by atoms with Crippen molar-refractivity contribution in [3.8, 4) is 0 Å². The van der Waals surface area contributed by atoms with Crippen LogP contribution in [0.4, 0.5) is 0 Å². The highest BCUT2D eigenvalue weighted by Crippen LogP contribution is 1.63. The molecule has 0 atom stereocenters. The summed E-state index contributed by atoms with van der Waals surface area (Å²) in [5.74, 6) is 1.28. The van der Waals surface area contributed by atoms with Crippen LogP contribution in [0.2, 0.25) is 0 Å². The topological polar surface area (TPSA) is 60.2 Å². The Morgan fingerprint density at radius 3 is 2.57 bits per heavy atom. The summed E-state index contributed by atoms with van der Waals surface area (Å²) in [6.07, 6.45) is 0.819. The second-order valence-corrected chi connectivity index (χ2v) is 0.837. The highest BCUT2D eigenvalue weighted by Gasteiger charge is 1.84. The molecule has 0 unspecified atom stereocenters. The van der Waals surface area contributed by atoms with Gasteiger partial charge in [-0.2, -0.15) is 0 Å². The lowest BCUT2D eigenvalue weighted by Gasteiger charge is -1.75. The number of hydrogen-bond acceptors (Lipinski definition) is 3. The van der Waals surface area contributed by atoms with Crippen LogP contribution in [0.25, 0.3) is 0 Å². The average molecular weight is 101 g/mol. The van der Waals surface area contributed by atoms with E-state index in [1.807, 2.05) is 0 Å². The maximum atomic E-state index is 9.35. The van der Waals surface area contributed by atoms with Crippen LogP contribution in [0.1, 0.15) is 0 Å². The smallest absolute Gasteiger partial charge is 0.232 e. The van der Waals surface area contributed by atoms with Crippen molar-refractivity contribution in [2.24, 2.45) is 0 Å². The highest BCUT2D eigenvalue weighted by atomic mass is 16.6. The van der Waals surface area contributed by atoms with Gasteiger partial charge in [-0.25, -0.2) is 4.79 Å². The summed E-state index contributed by atoms with van der Waals surface area (Å²) >= 11 is 0. The molecule has 0 spiro atoms. The third-order valence-electron chi connectivity index (χ3n) is 0.324. The predicted molar refractivity (Wildman–Crippen MR) is 22.1 cm³/mol. The Labute approximate surface area is 39.6 Å². The van der Waals surface area contributed by atoms with Gasteiger partial charge in [-0.05, 0) is 0 Å². The van der Waals surface area contributed by atoms with Crippen LogP contribution < -0.4 is 0 Å². The van der Waals surface area contributed by atoms with Crippen LogP contribution in [-0.2, 0) is 4.79 Å². The van der Waals surface area contributed by atoms with E-state index in [0.29, 0.717) is 0 Å². The summed E-state index contributed by atoms with van der Waals surface area (Å²) in [5.41, 5.74) is 0. The largest absolute Gasteiger partial charge is 0.264 e. The molecule has 0 N–H and O–H groups in total. The Morgan fingerprint density at radius 2 is 2.43 bits per heavy atom. The van der Waals surface area contributed by atoms with Gasteiger partial charge in [0.25, 0.3) is 0 Å². The standard InChI is InChI=1S/C3H3NO3/c5-3-1-2-4(6)7/h1H,2H2. The molecule has 4 heteroatoms. The van der Waals surface area contributed by atoms with Crippen molar-refractivity contribution in [2.45, 2.75) is 0 Å². The van der Waals surface area contributed by atoms with E-state index >= 15 is 0 Å². The van der Waals surface area contributed by atoms with Crippen LogP contribution in [-0.4, -0.2) is 17.4 Å². The van der Waals surface area contributed by atoms with E-state index in [1.165, 1.54) is 5.94 Å². The summed E-state index contributed by atoms with van der Waals surface area (Å²) in [7, 11) is 0. The Hall–Kier alpha value is -1.15. The third-order valence-corrected chi connectivity index (χ3v) is 0.324. The lowest BCUT2D eigenvalue weighted by Crippen LogP contribution is -1.95. The van der Waals surface area contributed by atoms with E-state index in [9.17, 15) is 14.9 Å². The Bertz CT molecular complexity index is 113. The Balaban J connectivity index is 3.32. The molecule has 0 heterocycles. The van der Waals surface area contributed by atoms with E-state index in [2.05, 4.69) is 0 Å². The Kier molecular flexibility index (Phi) is 2.55. The zero-order valence-electron chi connectivity index (χ0n) is 3.46. The first-order valence-corrected chi connectivity index (χ1v) is 1.58. The quantitative estimate of drug-likeness (QED) is 0.271. The number of nitro groups is 1. The molecule has 0 radical (unpaired) electrons. The maximum Gasteiger partial charge on any atom is 0.232 e. The minimum atomic E-state index is -0.606. The SMILES string of the molecule is O=C=CC[N+](=O)[O-]. The maximum absolute atomic E-state index is 9.35. The van der Waals surface area contributed by atoms with Gasteiger partial charge in [0, 0.05) is 4.92 Å². The van der Waals surface area contributed by atoms with Crippen LogP contribution in [0.5, 0.6) is 0 Å². The van der Waals surface area contributed by atoms with Crippen molar-refractivity contribution < 1.29 is 9.72 Å². The van der Waals surface area contributed by atoms with Gasteiger partial charge in [0.1, 0.15) is 5.94 Å². The summed E-state index contributed by atoms with van der Waals surface area (Å²) in [6, 6.07) is 0. The highest BCUT2D eigenvalue weighted by molar-refractivity contribution is 5.44. The zero-order chi connectivity index (χ0) is 5.70. The van der Waals surface area contributed by atoms with E-state index < -0.39 is 11.5 Å². The lowest BCUT2D eigenvalue weighted by atomic mass is 10.7. The van der Waals surface area contributed by atoms with Gasteiger partial charge >= 0.3 is 0 Å².